The van der Waals surface area contributed by atoms with Gasteiger partial charge in [-0.25, -0.2) is 4.79 Å². The minimum Gasteiger partial charge on any atom is -0.444 e. The van der Waals surface area contributed by atoms with Crippen molar-refractivity contribution in [3.8, 4) is 6.07 Å². The zero-order chi connectivity index (χ0) is 13.6. The maximum absolute atomic E-state index is 11.8. The summed E-state index contributed by atoms with van der Waals surface area (Å²) in [6.45, 7) is 7.23. The number of ether oxygens (including phenoxy) is 1. The lowest BCUT2D eigenvalue weighted by atomic mass is 9.92. The first-order valence-electron chi connectivity index (χ1n) is 6.77. The van der Waals surface area contributed by atoms with E-state index in [0.717, 1.165) is 38.8 Å². The zero-order valence-electron chi connectivity index (χ0n) is 11.7. The number of hydrogen-bond donors (Lipinski definition) is 0. The van der Waals surface area contributed by atoms with Gasteiger partial charge in [0, 0.05) is 19.5 Å². The van der Waals surface area contributed by atoms with E-state index < -0.39 is 5.60 Å². The van der Waals surface area contributed by atoms with Crippen LogP contribution in [-0.4, -0.2) is 29.7 Å². The maximum atomic E-state index is 11.8. The number of piperidine rings is 1. The van der Waals surface area contributed by atoms with Gasteiger partial charge in [-0.1, -0.05) is 0 Å². The monoisotopic (exact) mass is 252 g/mol. The Hall–Kier alpha value is -1.24. The standard InChI is InChI=1S/C14H24N2O2/c1-14(2,3)18-13(17)16-10-7-12(8-11-16)6-4-5-9-15/h12H,4-8,10-11H2,1-3H3. The van der Waals surface area contributed by atoms with E-state index in [-0.39, 0.29) is 6.09 Å². The first kappa shape index (κ1) is 14.8. The number of amides is 1. The van der Waals surface area contributed by atoms with Gasteiger partial charge in [-0.2, -0.15) is 5.26 Å². The predicted octanol–water partition coefficient (Wildman–Crippen LogP) is 3.33. The summed E-state index contributed by atoms with van der Waals surface area (Å²) in [5, 5.41) is 8.50. The summed E-state index contributed by atoms with van der Waals surface area (Å²) < 4.78 is 5.35. The summed E-state index contributed by atoms with van der Waals surface area (Å²) in [5.74, 6) is 0.664. The lowest BCUT2D eigenvalue weighted by Crippen LogP contribution is -2.41. The fourth-order valence-electron chi connectivity index (χ4n) is 2.20. The second-order valence-corrected chi connectivity index (χ2v) is 5.96. The number of unbranched alkanes of at least 4 members (excludes halogenated alkanes) is 1. The molecule has 1 aliphatic rings. The first-order chi connectivity index (χ1) is 8.42. The Bertz CT molecular complexity index is 307. The third-order valence-corrected chi connectivity index (χ3v) is 3.17. The van der Waals surface area contributed by atoms with Gasteiger partial charge in [0.25, 0.3) is 0 Å². The van der Waals surface area contributed by atoms with Crippen LogP contribution in [0.25, 0.3) is 0 Å². The van der Waals surface area contributed by atoms with Gasteiger partial charge in [0.05, 0.1) is 6.07 Å². The van der Waals surface area contributed by atoms with Crippen LogP contribution in [0.15, 0.2) is 0 Å². The Morgan fingerprint density at radius 3 is 2.50 bits per heavy atom. The fraction of sp³-hybridized carbons (Fsp3) is 0.857. The van der Waals surface area contributed by atoms with Crippen molar-refractivity contribution in [2.75, 3.05) is 13.1 Å². The fourth-order valence-corrected chi connectivity index (χ4v) is 2.20. The van der Waals surface area contributed by atoms with Crippen molar-refractivity contribution < 1.29 is 9.53 Å². The Kier molecular flexibility index (Phi) is 5.46. The highest BCUT2D eigenvalue weighted by Crippen LogP contribution is 2.23. The van der Waals surface area contributed by atoms with Crippen molar-refractivity contribution >= 4 is 6.09 Å². The molecule has 102 valence electrons. The van der Waals surface area contributed by atoms with Crippen LogP contribution in [0.5, 0.6) is 0 Å². The molecule has 4 nitrogen and oxygen atoms in total. The molecular formula is C14H24N2O2. The average Bonchev–Trinajstić information content (AvgIpc) is 2.28. The lowest BCUT2D eigenvalue weighted by molar-refractivity contribution is 0.0181. The predicted molar refractivity (Wildman–Crippen MR) is 70.0 cm³/mol. The molecule has 0 atom stereocenters. The average molecular weight is 252 g/mol. The molecule has 0 bridgehead atoms. The summed E-state index contributed by atoms with van der Waals surface area (Å²) in [6.07, 6.45) is 4.60. The molecule has 0 radical (unpaired) electrons. The van der Waals surface area contributed by atoms with Gasteiger partial charge < -0.3 is 9.64 Å². The van der Waals surface area contributed by atoms with Gasteiger partial charge in [0.1, 0.15) is 5.60 Å². The highest BCUT2D eigenvalue weighted by atomic mass is 16.6. The molecule has 4 heteroatoms. The Balaban J connectivity index is 2.27. The van der Waals surface area contributed by atoms with Gasteiger partial charge in [-0.15, -0.1) is 0 Å². The smallest absolute Gasteiger partial charge is 0.410 e. The van der Waals surface area contributed by atoms with E-state index in [0.29, 0.717) is 12.3 Å². The second kappa shape index (κ2) is 6.63. The quantitative estimate of drug-likeness (QED) is 0.724. The highest BCUT2D eigenvalue weighted by Gasteiger charge is 2.26. The molecule has 0 saturated carbocycles. The van der Waals surface area contributed by atoms with Crippen molar-refractivity contribution in [2.45, 2.75) is 58.5 Å². The molecule has 0 aliphatic carbocycles. The SMILES string of the molecule is CC(C)(C)OC(=O)N1CCC(CCCC#N)CC1. The number of hydrogen-bond acceptors (Lipinski definition) is 3. The Morgan fingerprint density at radius 2 is 2.00 bits per heavy atom. The molecular weight excluding hydrogens is 228 g/mol. The summed E-state index contributed by atoms with van der Waals surface area (Å²) in [5.41, 5.74) is -0.416. The van der Waals surface area contributed by atoms with Gasteiger partial charge in [0.15, 0.2) is 0 Å². The lowest BCUT2D eigenvalue weighted by Gasteiger charge is -2.33. The molecule has 1 aliphatic heterocycles. The number of rotatable bonds is 3. The molecule has 1 fully saturated rings. The molecule has 18 heavy (non-hydrogen) atoms. The van der Waals surface area contributed by atoms with Crippen molar-refractivity contribution in [3.63, 3.8) is 0 Å². The van der Waals surface area contributed by atoms with Crippen LogP contribution in [0, 0.1) is 17.2 Å². The third kappa shape index (κ3) is 5.39. The van der Waals surface area contributed by atoms with Crippen LogP contribution in [0.1, 0.15) is 52.9 Å². The normalized spacial score (nSPS) is 17.3. The molecule has 1 rings (SSSR count). The molecule has 0 aromatic rings. The molecule has 0 spiro atoms. The largest absolute Gasteiger partial charge is 0.444 e. The number of carbonyl (C=O) groups is 1. The Morgan fingerprint density at radius 1 is 1.39 bits per heavy atom. The van der Waals surface area contributed by atoms with E-state index in [9.17, 15) is 4.79 Å². The number of nitriles is 1. The summed E-state index contributed by atoms with van der Waals surface area (Å²) in [4.78, 5) is 13.6. The molecule has 0 aromatic heterocycles. The van der Waals surface area contributed by atoms with Crippen molar-refractivity contribution in [1.82, 2.24) is 4.90 Å². The minimum absolute atomic E-state index is 0.196. The van der Waals surface area contributed by atoms with Crippen LogP contribution in [-0.2, 0) is 4.74 Å². The molecule has 0 aromatic carbocycles. The minimum atomic E-state index is -0.416. The van der Waals surface area contributed by atoms with Crippen molar-refractivity contribution in [3.05, 3.63) is 0 Å². The van der Waals surface area contributed by atoms with Crippen LogP contribution < -0.4 is 0 Å². The second-order valence-electron chi connectivity index (χ2n) is 5.96. The van der Waals surface area contributed by atoms with E-state index in [1.54, 1.807) is 4.90 Å². The topological polar surface area (TPSA) is 53.3 Å². The summed E-state index contributed by atoms with van der Waals surface area (Å²) in [7, 11) is 0. The number of likely N-dealkylation sites (tertiary alicyclic amines) is 1. The molecule has 0 N–H and O–H groups in total. The van der Waals surface area contributed by atoms with E-state index in [4.69, 9.17) is 10.00 Å². The Labute approximate surface area is 110 Å². The molecule has 1 amide bonds. The maximum Gasteiger partial charge on any atom is 0.410 e. The van der Waals surface area contributed by atoms with Crippen LogP contribution in [0.3, 0.4) is 0 Å². The first-order valence-corrected chi connectivity index (χ1v) is 6.77. The highest BCUT2D eigenvalue weighted by molar-refractivity contribution is 5.68. The van der Waals surface area contributed by atoms with Gasteiger partial charge in [-0.3, -0.25) is 0 Å². The summed E-state index contributed by atoms with van der Waals surface area (Å²) >= 11 is 0. The van der Waals surface area contributed by atoms with Crippen LogP contribution in [0.2, 0.25) is 0 Å². The van der Waals surface area contributed by atoms with Gasteiger partial charge in [0.2, 0.25) is 0 Å². The summed E-state index contributed by atoms with van der Waals surface area (Å²) in [6, 6.07) is 2.18. The van der Waals surface area contributed by atoms with Crippen molar-refractivity contribution in [1.29, 1.82) is 5.26 Å². The van der Waals surface area contributed by atoms with Gasteiger partial charge >= 0.3 is 6.09 Å². The van der Waals surface area contributed by atoms with E-state index in [2.05, 4.69) is 6.07 Å². The van der Waals surface area contributed by atoms with Crippen LogP contribution >= 0.6 is 0 Å². The third-order valence-electron chi connectivity index (χ3n) is 3.17. The molecule has 1 heterocycles. The van der Waals surface area contributed by atoms with E-state index in [1.807, 2.05) is 20.8 Å². The molecule has 0 unspecified atom stereocenters. The molecule has 1 saturated heterocycles. The van der Waals surface area contributed by atoms with E-state index >= 15 is 0 Å². The van der Waals surface area contributed by atoms with Gasteiger partial charge in [-0.05, 0) is 52.4 Å². The van der Waals surface area contributed by atoms with Crippen LogP contribution in [0.4, 0.5) is 4.79 Å². The number of nitrogens with zero attached hydrogens (tertiary/aromatic N) is 2. The zero-order valence-corrected chi connectivity index (χ0v) is 11.7. The number of carbonyl (C=O) groups excluding carboxylic acids is 1. The van der Waals surface area contributed by atoms with Crippen molar-refractivity contribution in [2.24, 2.45) is 5.92 Å². The van der Waals surface area contributed by atoms with E-state index in [1.165, 1.54) is 0 Å².